The second kappa shape index (κ2) is 20.5. The first-order valence-electron chi connectivity index (χ1n) is 24.0. The molecule has 12 rings (SSSR count). The highest BCUT2D eigenvalue weighted by atomic mass is 35.5. The Bertz CT molecular complexity index is 3260. The van der Waals surface area contributed by atoms with E-state index in [9.17, 15) is 28.0 Å². The van der Waals surface area contributed by atoms with E-state index < -0.39 is 12.2 Å². The SMILES string of the molecule is O=C(Nc1ccc(F)cc1)c1cc2c(-c3cc(Cl)cc4c3O[C@@H](C(=O)N3CCNCC3)C4)ccnc2[nH]1.O=C(Nc1ccc(F)cc1)c1cc2c(-c3cc(Cl)cc4c3O[C@H](C(=O)N3CCNCC3)C4)ccnc2[nH]1. The normalized spacial score (nSPS) is 16.9. The second-order valence-corrected chi connectivity index (χ2v) is 19.1. The Morgan fingerprint density at radius 3 is 1.32 bits per heavy atom. The number of anilines is 2. The van der Waals surface area contributed by atoms with Crippen LogP contribution in [0.1, 0.15) is 32.1 Å². The smallest absolute Gasteiger partial charge is 0.272 e. The third-order valence-corrected chi connectivity index (χ3v) is 13.8. The number of piperazine rings is 2. The predicted molar refractivity (Wildman–Crippen MR) is 277 cm³/mol. The van der Waals surface area contributed by atoms with Gasteiger partial charge in [0.2, 0.25) is 0 Å². The second-order valence-electron chi connectivity index (χ2n) is 18.2. The number of benzene rings is 4. The van der Waals surface area contributed by atoms with Gasteiger partial charge in [-0.1, -0.05) is 23.2 Å². The average Bonchev–Trinajstić information content (AvgIpc) is 4.25. The van der Waals surface area contributed by atoms with Gasteiger partial charge in [0.1, 0.15) is 45.8 Å². The standard InChI is InChI=1S/2C27H23ClFN5O3/c2*28-16-11-15-12-23(27(36)34-9-7-30-8-10-34)37-24(15)20(13-16)19-5-6-31-25-21(19)14-22(33-25)26(35)32-18-3-1-17(29)2-4-18/h2*1-6,11,13-14,23,30H,7-10,12H2,(H,31,33)(H,32,35)/t2*23-/m10/s1. The van der Waals surface area contributed by atoms with Crippen molar-refractivity contribution in [2.45, 2.75) is 25.0 Å². The van der Waals surface area contributed by atoms with Gasteiger partial charge in [0.15, 0.2) is 12.2 Å². The monoisotopic (exact) mass is 1040 g/mol. The Morgan fingerprint density at radius 1 is 0.541 bits per heavy atom. The van der Waals surface area contributed by atoms with E-state index in [1.54, 1.807) is 36.7 Å². The number of pyridine rings is 2. The van der Waals surface area contributed by atoms with Crippen molar-refractivity contribution in [2.24, 2.45) is 0 Å². The Kier molecular flexibility index (Phi) is 13.4. The van der Waals surface area contributed by atoms with Crippen LogP contribution in [0.15, 0.2) is 109 Å². The van der Waals surface area contributed by atoms with Gasteiger partial charge in [-0.15, -0.1) is 0 Å². The average molecular weight is 1040 g/mol. The molecule has 8 heterocycles. The number of nitrogens with one attached hydrogen (secondary N) is 6. The van der Waals surface area contributed by atoms with Crippen LogP contribution in [-0.2, 0) is 22.4 Å². The molecule has 6 N–H and O–H groups in total. The van der Waals surface area contributed by atoms with Crippen LogP contribution in [0.3, 0.4) is 0 Å². The van der Waals surface area contributed by atoms with Crippen molar-refractivity contribution in [1.29, 1.82) is 0 Å². The summed E-state index contributed by atoms with van der Waals surface area (Å²) in [6.07, 6.45) is 2.95. The minimum atomic E-state index is -0.606. The predicted octanol–water partition coefficient (Wildman–Crippen LogP) is 8.02. The van der Waals surface area contributed by atoms with E-state index >= 15 is 0 Å². The van der Waals surface area contributed by atoms with Crippen LogP contribution in [-0.4, -0.2) is 118 Å². The number of aromatic amines is 2. The number of carbonyl (C=O) groups is 4. The molecule has 4 amide bonds. The lowest BCUT2D eigenvalue weighted by Gasteiger charge is -2.29. The van der Waals surface area contributed by atoms with Crippen LogP contribution in [0.25, 0.3) is 44.3 Å². The Balaban J connectivity index is 0.000000159. The first-order valence-corrected chi connectivity index (χ1v) is 24.7. The molecule has 2 fully saturated rings. The fourth-order valence-corrected chi connectivity index (χ4v) is 10.2. The number of fused-ring (bicyclic) bond motifs is 4. The quantitative estimate of drug-likeness (QED) is 0.0867. The fraction of sp³-hybridized carbons (Fsp3) is 0.222. The molecule has 0 radical (unpaired) electrons. The molecule has 376 valence electrons. The topological polar surface area (TPSA) is 199 Å². The number of nitrogens with zero attached hydrogens (tertiary/aromatic N) is 4. The first-order chi connectivity index (χ1) is 35.9. The van der Waals surface area contributed by atoms with Crippen LogP contribution in [0.2, 0.25) is 10.0 Å². The van der Waals surface area contributed by atoms with Crippen LogP contribution in [0, 0.1) is 11.6 Å². The Hall–Kier alpha value is -7.90. The summed E-state index contributed by atoms with van der Waals surface area (Å²) in [4.78, 5) is 70.5. The lowest BCUT2D eigenvalue weighted by atomic mass is 9.99. The highest BCUT2D eigenvalue weighted by molar-refractivity contribution is 6.31. The molecule has 2 saturated heterocycles. The van der Waals surface area contributed by atoms with Crippen molar-refractivity contribution in [3.8, 4) is 33.8 Å². The number of aromatic nitrogens is 4. The van der Waals surface area contributed by atoms with Crippen molar-refractivity contribution in [3.05, 3.63) is 154 Å². The molecule has 16 nitrogen and oxygen atoms in total. The zero-order valence-electron chi connectivity index (χ0n) is 39.4. The Morgan fingerprint density at radius 2 is 0.932 bits per heavy atom. The van der Waals surface area contributed by atoms with Gasteiger partial charge in [-0.3, -0.25) is 19.2 Å². The molecular formula is C54H46Cl2F2N10O6. The first kappa shape index (κ1) is 48.4. The van der Waals surface area contributed by atoms with Crippen molar-refractivity contribution in [1.82, 2.24) is 40.4 Å². The van der Waals surface area contributed by atoms with Crippen molar-refractivity contribution >= 4 is 80.3 Å². The maximum atomic E-state index is 13.2. The number of rotatable bonds is 8. The summed E-state index contributed by atoms with van der Waals surface area (Å²) >= 11 is 13.0. The van der Waals surface area contributed by atoms with Gasteiger partial charge in [0.05, 0.1) is 0 Å². The highest BCUT2D eigenvalue weighted by Gasteiger charge is 2.37. The molecule has 4 aromatic carbocycles. The number of hydrogen-bond acceptors (Lipinski definition) is 10. The third-order valence-electron chi connectivity index (χ3n) is 13.3. The molecule has 20 heteroatoms. The molecule has 0 unspecified atom stereocenters. The van der Waals surface area contributed by atoms with Crippen molar-refractivity contribution < 1.29 is 37.4 Å². The van der Waals surface area contributed by atoms with Gasteiger partial charge < -0.3 is 50.5 Å². The summed E-state index contributed by atoms with van der Waals surface area (Å²) in [5.74, 6) is -0.360. The molecule has 4 aromatic heterocycles. The van der Waals surface area contributed by atoms with E-state index in [0.717, 1.165) is 59.6 Å². The summed E-state index contributed by atoms with van der Waals surface area (Å²) in [6.45, 7) is 5.67. The summed E-state index contributed by atoms with van der Waals surface area (Å²) in [5.41, 5.74) is 7.31. The molecule has 4 aliphatic heterocycles. The van der Waals surface area contributed by atoms with Gasteiger partial charge in [-0.2, -0.15) is 0 Å². The Labute approximate surface area is 431 Å². The lowest BCUT2D eigenvalue weighted by molar-refractivity contribution is -0.139. The maximum absolute atomic E-state index is 13.2. The lowest BCUT2D eigenvalue weighted by Crippen LogP contribution is -2.50. The number of H-pyrrole nitrogens is 2. The molecule has 8 aromatic rings. The van der Waals surface area contributed by atoms with Gasteiger partial charge in [-0.25, -0.2) is 18.7 Å². The third kappa shape index (κ3) is 9.96. The number of carbonyl (C=O) groups excluding carboxylic acids is 4. The molecule has 0 bridgehead atoms. The van der Waals surface area contributed by atoms with Gasteiger partial charge >= 0.3 is 0 Å². The molecule has 0 saturated carbocycles. The van der Waals surface area contributed by atoms with Crippen LogP contribution >= 0.6 is 23.2 Å². The molecule has 2 atom stereocenters. The molecule has 74 heavy (non-hydrogen) atoms. The van der Waals surface area contributed by atoms with Gasteiger partial charge in [0, 0.05) is 132 Å². The number of hydrogen-bond donors (Lipinski definition) is 6. The zero-order valence-corrected chi connectivity index (χ0v) is 40.9. The highest BCUT2D eigenvalue weighted by Crippen LogP contribution is 2.45. The minimum absolute atomic E-state index is 0.0268. The number of ether oxygens (including phenoxy) is 2. The van der Waals surface area contributed by atoms with Gasteiger partial charge in [0.25, 0.3) is 23.6 Å². The summed E-state index contributed by atoms with van der Waals surface area (Å²) in [7, 11) is 0. The molecule has 4 aliphatic rings. The summed E-state index contributed by atoms with van der Waals surface area (Å²) < 4.78 is 38.9. The van der Waals surface area contributed by atoms with E-state index in [1.165, 1.54) is 48.5 Å². The maximum Gasteiger partial charge on any atom is 0.272 e. The largest absolute Gasteiger partial charge is 0.479 e. The van der Waals surface area contributed by atoms with Crippen LogP contribution in [0.4, 0.5) is 20.2 Å². The number of halogens is 4. The zero-order chi connectivity index (χ0) is 51.0. The summed E-state index contributed by atoms with van der Waals surface area (Å²) in [5, 5.41) is 14.5. The van der Waals surface area contributed by atoms with Crippen LogP contribution < -0.4 is 30.7 Å². The van der Waals surface area contributed by atoms with E-state index in [0.29, 0.717) is 105 Å². The van der Waals surface area contributed by atoms with Crippen LogP contribution in [0.5, 0.6) is 11.5 Å². The van der Waals surface area contributed by atoms with Gasteiger partial charge in [-0.05, 0) is 108 Å². The number of amides is 4. The van der Waals surface area contributed by atoms with E-state index in [1.807, 2.05) is 34.1 Å². The van der Waals surface area contributed by atoms with E-state index in [2.05, 4.69) is 41.2 Å². The van der Waals surface area contributed by atoms with E-state index in [4.69, 9.17) is 32.7 Å². The van der Waals surface area contributed by atoms with Crippen molar-refractivity contribution in [2.75, 3.05) is 63.0 Å². The fourth-order valence-electron chi connectivity index (χ4n) is 9.73. The van der Waals surface area contributed by atoms with Crippen molar-refractivity contribution in [3.63, 3.8) is 0 Å². The minimum Gasteiger partial charge on any atom is -0.479 e. The summed E-state index contributed by atoms with van der Waals surface area (Å²) in [6, 6.07) is 25.4. The molecule has 0 aliphatic carbocycles. The molecule has 0 spiro atoms. The molecular weight excluding hydrogens is 994 g/mol. The van der Waals surface area contributed by atoms with E-state index in [-0.39, 0.29) is 35.3 Å².